The maximum absolute atomic E-state index is 12.6. The lowest BCUT2D eigenvalue weighted by Crippen LogP contribution is -2.18. The van der Waals surface area contributed by atoms with Crippen molar-refractivity contribution in [2.75, 3.05) is 5.32 Å². The van der Waals surface area contributed by atoms with E-state index in [9.17, 15) is 19.7 Å². The number of hydrogen-bond acceptors (Lipinski definition) is 7. The maximum Gasteiger partial charge on any atom is 0.269 e. The largest absolute Gasteiger partial charge is 0.463 e. The topological polar surface area (TPSA) is 149 Å². The Labute approximate surface area is 192 Å². The fourth-order valence-corrected chi connectivity index (χ4v) is 3.20. The average molecular weight is 460 g/mol. The molecule has 0 aliphatic heterocycles. The first-order chi connectivity index (χ1) is 16.4. The summed E-state index contributed by atoms with van der Waals surface area (Å²) in [5.41, 5.74) is 1.28. The van der Waals surface area contributed by atoms with Gasteiger partial charge >= 0.3 is 0 Å². The number of nitro groups is 1. The lowest BCUT2D eigenvalue weighted by molar-refractivity contribution is -0.384. The zero-order valence-electron chi connectivity index (χ0n) is 18.1. The first-order valence-electron chi connectivity index (χ1n) is 10.4. The second kappa shape index (κ2) is 9.77. The second-order valence-corrected chi connectivity index (χ2v) is 7.29. The molecule has 172 valence electrons. The zero-order chi connectivity index (χ0) is 24.1. The van der Waals surface area contributed by atoms with Gasteiger partial charge in [-0.25, -0.2) is 4.98 Å². The summed E-state index contributed by atoms with van der Waals surface area (Å²) in [6, 6.07) is 12.2. The fourth-order valence-electron chi connectivity index (χ4n) is 3.20. The number of nitro benzene ring substituents is 1. The van der Waals surface area contributed by atoms with Crippen LogP contribution in [0.4, 0.5) is 11.5 Å². The number of nitrogens with one attached hydrogen (secondary N) is 2. The molecular weight excluding hydrogens is 440 g/mol. The number of carbonyl (C=O) groups excluding carboxylic acids is 1. The molecule has 0 spiro atoms. The van der Waals surface area contributed by atoms with E-state index in [2.05, 4.69) is 20.4 Å². The van der Waals surface area contributed by atoms with Crippen LogP contribution in [-0.2, 0) is 11.2 Å². The SMILES string of the molecule is CCCc1cc(=O)[nH]c(-n2nc(-c3ccco3)cc2NC(=O)/C=C\c2ccc([N+](=O)[O-])cc2)n1. The highest BCUT2D eigenvalue weighted by Crippen LogP contribution is 2.24. The van der Waals surface area contributed by atoms with E-state index in [0.29, 0.717) is 29.1 Å². The van der Waals surface area contributed by atoms with Crippen molar-refractivity contribution in [3.63, 3.8) is 0 Å². The number of non-ortho nitro benzene ring substituents is 1. The summed E-state index contributed by atoms with van der Waals surface area (Å²) < 4.78 is 6.73. The quantitative estimate of drug-likeness (QED) is 0.231. The molecule has 4 rings (SSSR count). The smallest absolute Gasteiger partial charge is 0.269 e. The number of H-pyrrole nitrogens is 1. The summed E-state index contributed by atoms with van der Waals surface area (Å²) in [5, 5.41) is 18.0. The maximum atomic E-state index is 12.6. The number of nitrogens with zero attached hydrogens (tertiary/aromatic N) is 4. The average Bonchev–Trinajstić information content (AvgIpc) is 3.48. The Kier molecular flexibility index (Phi) is 6.44. The third-order valence-corrected chi connectivity index (χ3v) is 4.75. The molecule has 2 N–H and O–H groups in total. The molecule has 0 atom stereocenters. The number of furan rings is 1. The molecule has 0 saturated carbocycles. The van der Waals surface area contributed by atoms with Crippen LogP contribution in [0.25, 0.3) is 23.5 Å². The van der Waals surface area contributed by atoms with Crippen LogP contribution in [0, 0.1) is 10.1 Å². The summed E-state index contributed by atoms with van der Waals surface area (Å²) in [7, 11) is 0. The Bertz CT molecular complexity index is 1400. The summed E-state index contributed by atoms with van der Waals surface area (Å²) in [6.45, 7) is 1.98. The van der Waals surface area contributed by atoms with E-state index < -0.39 is 10.8 Å². The predicted octanol–water partition coefficient (Wildman–Crippen LogP) is 3.73. The molecule has 3 aromatic heterocycles. The number of benzene rings is 1. The first-order valence-corrected chi connectivity index (χ1v) is 10.4. The fraction of sp³-hybridized carbons (Fsp3) is 0.130. The van der Waals surface area contributed by atoms with Crippen molar-refractivity contribution in [2.45, 2.75) is 19.8 Å². The molecule has 1 aromatic carbocycles. The Balaban J connectivity index is 1.63. The molecule has 1 amide bonds. The number of rotatable bonds is 8. The van der Waals surface area contributed by atoms with E-state index in [1.54, 1.807) is 18.2 Å². The van der Waals surface area contributed by atoms with Gasteiger partial charge in [-0.05, 0) is 42.3 Å². The van der Waals surface area contributed by atoms with E-state index in [4.69, 9.17) is 4.42 Å². The standard InChI is InChI=1S/C23H20N6O5/c1-2-4-16-13-22(31)26-23(24-16)28-20(14-18(27-28)19-5-3-12-34-19)25-21(30)11-8-15-6-9-17(10-7-15)29(32)33/h3,5-14H,2,4H2,1H3,(H,25,30)(H,24,26,31)/b11-8-. The predicted molar refractivity (Wildman–Crippen MR) is 124 cm³/mol. The number of aryl methyl sites for hydroxylation is 1. The monoisotopic (exact) mass is 460 g/mol. The zero-order valence-corrected chi connectivity index (χ0v) is 18.1. The highest BCUT2D eigenvalue weighted by molar-refractivity contribution is 6.01. The van der Waals surface area contributed by atoms with Crippen LogP contribution in [0.2, 0.25) is 0 Å². The van der Waals surface area contributed by atoms with Gasteiger partial charge in [0.05, 0.1) is 11.2 Å². The number of hydrogen-bond donors (Lipinski definition) is 2. The van der Waals surface area contributed by atoms with Gasteiger partial charge in [0.2, 0.25) is 11.9 Å². The molecular formula is C23H20N6O5. The molecule has 3 heterocycles. The lowest BCUT2D eigenvalue weighted by atomic mass is 10.2. The van der Waals surface area contributed by atoms with Gasteiger partial charge in [-0.1, -0.05) is 13.3 Å². The summed E-state index contributed by atoms with van der Waals surface area (Å²) in [5.74, 6) is 0.422. The molecule has 0 aliphatic carbocycles. The summed E-state index contributed by atoms with van der Waals surface area (Å²) >= 11 is 0. The van der Waals surface area contributed by atoms with Crippen molar-refractivity contribution in [2.24, 2.45) is 0 Å². The summed E-state index contributed by atoms with van der Waals surface area (Å²) in [4.78, 5) is 42.2. The lowest BCUT2D eigenvalue weighted by Gasteiger charge is -2.08. The molecule has 0 saturated heterocycles. The third-order valence-electron chi connectivity index (χ3n) is 4.75. The number of amides is 1. The Morgan fingerprint density at radius 2 is 2.06 bits per heavy atom. The van der Waals surface area contributed by atoms with Crippen LogP contribution < -0.4 is 10.9 Å². The molecule has 4 aromatic rings. The molecule has 0 fully saturated rings. The molecule has 11 nitrogen and oxygen atoms in total. The minimum Gasteiger partial charge on any atom is -0.463 e. The molecule has 11 heteroatoms. The first kappa shape index (κ1) is 22.4. The van der Waals surface area contributed by atoms with Crippen molar-refractivity contribution in [1.82, 2.24) is 19.7 Å². The number of aromatic amines is 1. The number of anilines is 1. The van der Waals surface area contributed by atoms with Crippen LogP contribution in [-0.4, -0.2) is 30.6 Å². The minimum atomic E-state index is -0.494. The highest BCUT2D eigenvalue weighted by Gasteiger charge is 2.16. The molecule has 0 unspecified atom stereocenters. The van der Waals surface area contributed by atoms with Gasteiger partial charge in [0.25, 0.3) is 11.2 Å². The van der Waals surface area contributed by atoms with Crippen molar-refractivity contribution >= 4 is 23.5 Å². The van der Waals surface area contributed by atoms with E-state index in [1.165, 1.54) is 53.4 Å². The van der Waals surface area contributed by atoms with E-state index >= 15 is 0 Å². The van der Waals surface area contributed by atoms with Crippen LogP contribution >= 0.6 is 0 Å². The van der Waals surface area contributed by atoms with Crippen molar-refractivity contribution in [3.05, 3.63) is 92.6 Å². The number of aromatic nitrogens is 4. The Morgan fingerprint density at radius 3 is 2.74 bits per heavy atom. The van der Waals surface area contributed by atoms with Gasteiger partial charge < -0.3 is 9.73 Å². The third kappa shape index (κ3) is 5.15. The van der Waals surface area contributed by atoms with Gasteiger partial charge in [-0.2, -0.15) is 9.78 Å². The number of carbonyl (C=O) groups is 1. The Hall–Kier alpha value is -4.80. The molecule has 0 aliphatic rings. The molecule has 0 bridgehead atoms. The van der Waals surface area contributed by atoms with Crippen molar-refractivity contribution in [3.8, 4) is 17.4 Å². The van der Waals surface area contributed by atoms with Crippen LogP contribution in [0.1, 0.15) is 24.6 Å². The highest BCUT2D eigenvalue weighted by atomic mass is 16.6. The normalized spacial score (nSPS) is 11.1. The Morgan fingerprint density at radius 1 is 1.26 bits per heavy atom. The van der Waals surface area contributed by atoms with Gasteiger partial charge in [0.15, 0.2) is 5.76 Å². The van der Waals surface area contributed by atoms with Crippen LogP contribution in [0.15, 0.2) is 70.1 Å². The van der Waals surface area contributed by atoms with Crippen LogP contribution in [0.3, 0.4) is 0 Å². The molecule has 34 heavy (non-hydrogen) atoms. The van der Waals surface area contributed by atoms with Crippen LogP contribution in [0.5, 0.6) is 0 Å². The van der Waals surface area contributed by atoms with E-state index in [1.807, 2.05) is 6.92 Å². The van der Waals surface area contributed by atoms with Crippen molar-refractivity contribution < 1.29 is 14.1 Å². The summed E-state index contributed by atoms with van der Waals surface area (Å²) in [6.07, 6.45) is 5.73. The van der Waals surface area contributed by atoms with Gasteiger partial charge in [0.1, 0.15) is 11.5 Å². The van der Waals surface area contributed by atoms with E-state index in [0.717, 1.165) is 6.42 Å². The van der Waals surface area contributed by atoms with Gasteiger partial charge in [-0.15, -0.1) is 0 Å². The van der Waals surface area contributed by atoms with Gasteiger partial charge in [-0.3, -0.25) is 24.7 Å². The van der Waals surface area contributed by atoms with E-state index in [-0.39, 0.29) is 23.0 Å². The molecule has 0 radical (unpaired) electrons. The second-order valence-electron chi connectivity index (χ2n) is 7.29. The van der Waals surface area contributed by atoms with Crippen molar-refractivity contribution in [1.29, 1.82) is 0 Å². The van der Waals surface area contributed by atoms with Gasteiger partial charge in [0, 0.05) is 36.0 Å². The minimum absolute atomic E-state index is 0.0391.